The van der Waals surface area contributed by atoms with Gasteiger partial charge in [-0.25, -0.2) is 13.2 Å². The molecule has 5 N–H and O–H groups in total. The molecule has 0 unspecified atom stereocenters. The molecular formula is C35H48N4O6S. The highest BCUT2D eigenvalue weighted by atomic mass is 32.2. The number of ether oxygens (including phenoxy) is 1. The van der Waals surface area contributed by atoms with Crippen LogP contribution in [0.5, 0.6) is 0 Å². The molecule has 0 heterocycles. The van der Waals surface area contributed by atoms with Crippen molar-refractivity contribution in [2.24, 2.45) is 5.92 Å². The van der Waals surface area contributed by atoms with Gasteiger partial charge in [0.2, 0.25) is 15.9 Å². The minimum Gasteiger partial charge on any atom is -0.453 e. The highest BCUT2D eigenvalue weighted by Crippen LogP contribution is 2.29. The first-order valence-electron chi connectivity index (χ1n) is 15.7. The SMILES string of the molecule is CC[C@@H](CCC[C@@H](CO)N(CC(C)C)S(=O)(=O)c1ccc(N)cc1)NC(=O)[C@@H](NC(=O)OC)C(c1ccccc1)c1ccccc1. The second kappa shape index (κ2) is 17.7. The van der Waals surface area contributed by atoms with Crippen LogP contribution >= 0.6 is 0 Å². The van der Waals surface area contributed by atoms with E-state index in [9.17, 15) is 23.1 Å². The summed E-state index contributed by atoms with van der Waals surface area (Å²) in [6.45, 7) is 5.72. The first-order valence-corrected chi connectivity index (χ1v) is 17.2. The molecule has 11 heteroatoms. The molecule has 0 radical (unpaired) electrons. The zero-order valence-corrected chi connectivity index (χ0v) is 28.0. The Morgan fingerprint density at radius 3 is 1.93 bits per heavy atom. The van der Waals surface area contributed by atoms with Crippen molar-refractivity contribution in [3.8, 4) is 0 Å². The predicted octanol–water partition coefficient (Wildman–Crippen LogP) is 4.90. The summed E-state index contributed by atoms with van der Waals surface area (Å²) in [6.07, 6.45) is 1.38. The number of nitrogen functional groups attached to an aromatic ring is 1. The van der Waals surface area contributed by atoms with Gasteiger partial charge in [0, 0.05) is 30.2 Å². The molecule has 3 aromatic carbocycles. The quantitative estimate of drug-likeness (QED) is 0.152. The summed E-state index contributed by atoms with van der Waals surface area (Å²) in [5.74, 6) is -0.816. The van der Waals surface area contributed by atoms with Crippen molar-refractivity contribution < 1.29 is 27.9 Å². The van der Waals surface area contributed by atoms with Crippen molar-refractivity contribution >= 4 is 27.7 Å². The van der Waals surface area contributed by atoms with Crippen molar-refractivity contribution in [3.05, 3.63) is 96.1 Å². The summed E-state index contributed by atoms with van der Waals surface area (Å²) in [5, 5.41) is 16.2. The highest BCUT2D eigenvalue weighted by molar-refractivity contribution is 7.89. The molecule has 250 valence electrons. The average molecular weight is 653 g/mol. The average Bonchev–Trinajstić information content (AvgIpc) is 3.05. The zero-order valence-electron chi connectivity index (χ0n) is 27.1. The number of aliphatic hydroxyl groups is 1. The maximum Gasteiger partial charge on any atom is 0.407 e. The number of carbonyl (C=O) groups is 2. The fourth-order valence-corrected chi connectivity index (χ4v) is 7.37. The maximum atomic E-state index is 13.9. The molecule has 0 aromatic heterocycles. The van der Waals surface area contributed by atoms with Gasteiger partial charge in [0.25, 0.3) is 0 Å². The number of amides is 2. The van der Waals surface area contributed by atoms with Gasteiger partial charge in [-0.05, 0) is 67.0 Å². The van der Waals surface area contributed by atoms with E-state index in [1.807, 2.05) is 81.4 Å². The molecule has 2 amide bonds. The van der Waals surface area contributed by atoms with Crippen LogP contribution in [-0.2, 0) is 19.6 Å². The fraction of sp³-hybridized carbons (Fsp3) is 0.429. The number of methoxy groups -OCH3 is 1. The van der Waals surface area contributed by atoms with Crippen LogP contribution in [0.2, 0.25) is 0 Å². The molecule has 3 atom stereocenters. The second-order valence-electron chi connectivity index (χ2n) is 11.8. The Labute approximate surface area is 273 Å². The van der Waals surface area contributed by atoms with E-state index in [1.165, 1.54) is 23.5 Å². The Morgan fingerprint density at radius 2 is 1.46 bits per heavy atom. The summed E-state index contributed by atoms with van der Waals surface area (Å²) in [6, 6.07) is 23.2. The Hall–Kier alpha value is -3.93. The Morgan fingerprint density at radius 1 is 0.891 bits per heavy atom. The number of alkyl carbamates (subject to hydrolysis) is 1. The Balaban J connectivity index is 1.79. The van der Waals surface area contributed by atoms with Crippen molar-refractivity contribution in [1.82, 2.24) is 14.9 Å². The van der Waals surface area contributed by atoms with Gasteiger partial charge in [-0.15, -0.1) is 0 Å². The molecule has 0 spiro atoms. The summed E-state index contributed by atoms with van der Waals surface area (Å²) >= 11 is 0. The number of benzene rings is 3. The van der Waals surface area contributed by atoms with Gasteiger partial charge in [0.05, 0.1) is 18.6 Å². The van der Waals surface area contributed by atoms with Gasteiger partial charge in [-0.3, -0.25) is 4.79 Å². The number of carbonyl (C=O) groups excluding carboxylic acids is 2. The Kier molecular flexibility index (Phi) is 14.0. The Bertz CT molecular complexity index is 1430. The van der Waals surface area contributed by atoms with E-state index in [1.54, 1.807) is 12.1 Å². The van der Waals surface area contributed by atoms with E-state index in [-0.39, 0.29) is 35.9 Å². The number of nitrogens with zero attached hydrogens (tertiary/aromatic N) is 1. The fourth-order valence-electron chi connectivity index (χ4n) is 5.56. The molecule has 0 saturated heterocycles. The van der Waals surface area contributed by atoms with Crippen LogP contribution in [0.1, 0.15) is 63.5 Å². The first kappa shape index (κ1) is 36.5. The third-order valence-electron chi connectivity index (χ3n) is 7.97. The number of aliphatic hydroxyl groups excluding tert-OH is 1. The van der Waals surface area contributed by atoms with E-state index in [0.29, 0.717) is 31.4 Å². The smallest absolute Gasteiger partial charge is 0.407 e. The lowest BCUT2D eigenvalue weighted by atomic mass is 9.84. The van der Waals surface area contributed by atoms with Crippen LogP contribution in [0, 0.1) is 5.92 Å². The number of nitrogens with one attached hydrogen (secondary N) is 2. The number of hydrogen-bond donors (Lipinski definition) is 4. The lowest BCUT2D eigenvalue weighted by molar-refractivity contribution is -0.124. The lowest BCUT2D eigenvalue weighted by Crippen LogP contribution is -2.52. The number of nitrogens with two attached hydrogens (primary N) is 1. The topological polar surface area (TPSA) is 151 Å². The molecule has 0 fully saturated rings. The normalized spacial score (nSPS) is 13.7. The van der Waals surface area contributed by atoms with Crippen LogP contribution in [0.15, 0.2) is 89.8 Å². The minimum atomic E-state index is -3.89. The van der Waals surface area contributed by atoms with E-state index in [4.69, 9.17) is 10.5 Å². The van der Waals surface area contributed by atoms with Crippen molar-refractivity contribution in [1.29, 1.82) is 0 Å². The molecule has 0 aliphatic carbocycles. The van der Waals surface area contributed by atoms with E-state index < -0.39 is 34.1 Å². The maximum absolute atomic E-state index is 13.9. The largest absolute Gasteiger partial charge is 0.453 e. The first-order chi connectivity index (χ1) is 22.0. The monoisotopic (exact) mass is 652 g/mol. The van der Waals surface area contributed by atoms with Gasteiger partial charge in [0.1, 0.15) is 6.04 Å². The van der Waals surface area contributed by atoms with E-state index in [2.05, 4.69) is 10.6 Å². The van der Waals surface area contributed by atoms with Crippen molar-refractivity contribution in [3.63, 3.8) is 0 Å². The number of anilines is 1. The van der Waals surface area contributed by atoms with Crippen LogP contribution in [-0.4, -0.2) is 68.2 Å². The molecule has 0 saturated carbocycles. The standard InChI is InChI=1S/C35H48N4O6S/c1-5-29(17-12-18-30(24-40)39(23-25(2)3)46(43,44)31-21-19-28(36)20-22-31)37-34(41)33(38-35(42)45-4)32(26-13-8-6-9-14-26)27-15-10-7-11-16-27/h6-11,13-16,19-22,25,29-30,32-33,40H,5,12,17-18,23-24,36H2,1-4H3,(H,37,41)(H,38,42)/t29-,30-,33-/m0/s1. The van der Waals surface area contributed by atoms with E-state index in [0.717, 1.165) is 11.1 Å². The predicted molar refractivity (Wildman–Crippen MR) is 181 cm³/mol. The zero-order chi connectivity index (χ0) is 33.7. The van der Waals surface area contributed by atoms with Crippen LogP contribution in [0.25, 0.3) is 0 Å². The van der Waals surface area contributed by atoms with Gasteiger partial charge in [-0.1, -0.05) is 81.4 Å². The molecule has 3 aromatic rings. The van der Waals surface area contributed by atoms with Crippen molar-refractivity contribution in [2.75, 3.05) is 26.0 Å². The summed E-state index contributed by atoms with van der Waals surface area (Å²) in [5.41, 5.74) is 7.95. The molecule has 10 nitrogen and oxygen atoms in total. The third kappa shape index (κ3) is 10.0. The number of hydrogen-bond acceptors (Lipinski definition) is 7. The summed E-state index contributed by atoms with van der Waals surface area (Å²) < 4.78 is 33.5. The van der Waals surface area contributed by atoms with Crippen molar-refractivity contribution in [2.45, 2.75) is 75.4 Å². The minimum absolute atomic E-state index is 0.0294. The van der Waals surface area contributed by atoms with E-state index >= 15 is 0 Å². The third-order valence-corrected chi connectivity index (χ3v) is 9.90. The highest BCUT2D eigenvalue weighted by Gasteiger charge is 2.34. The number of sulfonamides is 1. The lowest BCUT2D eigenvalue weighted by Gasteiger charge is -2.32. The van der Waals surface area contributed by atoms with Crippen LogP contribution in [0.4, 0.5) is 10.5 Å². The second-order valence-corrected chi connectivity index (χ2v) is 13.7. The molecule has 0 aliphatic rings. The summed E-state index contributed by atoms with van der Waals surface area (Å²) in [4.78, 5) is 26.5. The molecule has 0 bridgehead atoms. The van der Waals surface area contributed by atoms with Crippen LogP contribution < -0.4 is 16.4 Å². The van der Waals surface area contributed by atoms with Gasteiger partial charge >= 0.3 is 6.09 Å². The molecule has 0 aliphatic heterocycles. The molecule has 46 heavy (non-hydrogen) atoms. The summed E-state index contributed by atoms with van der Waals surface area (Å²) in [7, 11) is -2.63. The van der Waals surface area contributed by atoms with Gasteiger partial charge < -0.3 is 26.2 Å². The number of rotatable bonds is 17. The molecule has 3 rings (SSSR count). The van der Waals surface area contributed by atoms with Crippen LogP contribution in [0.3, 0.4) is 0 Å². The van der Waals surface area contributed by atoms with Gasteiger partial charge in [0.15, 0.2) is 0 Å². The molecular weight excluding hydrogens is 604 g/mol. The van der Waals surface area contributed by atoms with Gasteiger partial charge in [-0.2, -0.15) is 4.31 Å².